The number of halogens is 3. The van der Waals surface area contributed by atoms with Crippen LogP contribution in [0.1, 0.15) is 62.1 Å². The van der Waals surface area contributed by atoms with Gasteiger partial charge in [-0.05, 0) is 61.6 Å². The number of carbonyl (C=O) groups excluding carboxylic acids is 3. The summed E-state index contributed by atoms with van der Waals surface area (Å²) >= 11 is 0. The molecule has 0 radical (unpaired) electrons. The largest absolute Gasteiger partial charge is 0.497 e. The summed E-state index contributed by atoms with van der Waals surface area (Å²) in [5.41, 5.74) is -0.469. The first-order valence-corrected chi connectivity index (χ1v) is 13.8. The molecule has 0 bridgehead atoms. The van der Waals surface area contributed by atoms with Gasteiger partial charge in [-0.3, -0.25) is 14.4 Å². The highest BCUT2D eigenvalue weighted by Crippen LogP contribution is 2.53. The molecule has 4 rings (SSSR count). The van der Waals surface area contributed by atoms with Crippen LogP contribution in [0.5, 0.6) is 5.75 Å². The summed E-state index contributed by atoms with van der Waals surface area (Å²) in [6.07, 6.45) is 0.622. The van der Waals surface area contributed by atoms with Gasteiger partial charge in [0, 0.05) is 18.7 Å². The number of alkyl halides is 3. The highest BCUT2D eigenvalue weighted by molar-refractivity contribution is 5.98. The van der Waals surface area contributed by atoms with Crippen LogP contribution in [-0.2, 0) is 38.4 Å². The highest BCUT2D eigenvalue weighted by Gasteiger charge is 2.61. The summed E-state index contributed by atoms with van der Waals surface area (Å²) in [7, 11) is 1.56. The molecule has 220 valence electrons. The Kier molecular flexibility index (Phi) is 9.40. The monoisotopic (exact) mass is 572 g/mol. The zero-order valence-electron chi connectivity index (χ0n) is 23.3. The molecule has 0 unspecified atom stereocenters. The normalized spacial score (nSPS) is 22.2. The minimum atomic E-state index is -4.50. The minimum Gasteiger partial charge on any atom is -0.497 e. The molecule has 1 aliphatic carbocycles. The number of methoxy groups -OCH3 is 1. The van der Waals surface area contributed by atoms with Crippen LogP contribution < -0.4 is 10.1 Å². The number of carbonyl (C=O) groups is 3. The number of nitrogens with zero attached hydrogens (tertiary/aromatic N) is 1. The first-order valence-electron chi connectivity index (χ1n) is 13.8. The summed E-state index contributed by atoms with van der Waals surface area (Å²) in [5.74, 6) is -1.75. The Labute approximate surface area is 237 Å². The second-order valence-electron chi connectivity index (χ2n) is 10.4. The molecule has 1 fully saturated rings. The van der Waals surface area contributed by atoms with Crippen molar-refractivity contribution in [2.75, 3.05) is 13.7 Å². The second-order valence-corrected chi connectivity index (χ2v) is 10.4. The molecule has 0 saturated carbocycles. The smallest absolute Gasteiger partial charge is 0.416 e. The quantitative estimate of drug-likeness (QED) is 0.386. The van der Waals surface area contributed by atoms with Gasteiger partial charge >= 0.3 is 12.1 Å². The van der Waals surface area contributed by atoms with Crippen molar-refractivity contribution in [2.45, 2.75) is 64.7 Å². The van der Waals surface area contributed by atoms with Crippen molar-refractivity contribution in [3.63, 3.8) is 0 Å². The molecule has 1 aliphatic heterocycles. The molecule has 41 heavy (non-hydrogen) atoms. The molecular formula is C31H35F3N2O5. The van der Waals surface area contributed by atoms with Crippen LogP contribution in [0, 0.1) is 11.3 Å². The molecule has 0 aromatic heterocycles. The maximum Gasteiger partial charge on any atom is 0.416 e. The lowest BCUT2D eigenvalue weighted by Gasteiger charge is -2.34. The molecule has 1 heterocycles. The number of allylic oxidation sites excluding steroid dienone is 1. The molecule has 0 spiro atoms. The Morgan fingerprint density at radius 1 is 1.07 bits per heavy atom. The van der Waals surface area contributed by atoms with Gasteiger partial charge in [0.2, 0.25) is 11.8 Å². The lowest BCUT2D eigenvalue weighted by Crippen LogP contribution is -2.42. The maximum atomic E-state index is 14.1. The van der Waals surface area contributed by atoms with Crippen molar-refractivity contribution in [3.8, 4) is 5.75 Å². The molecule has 2 aromatic carbocycles. The van der Waals surface area contributed by atoms with Crippen LogP contribution in [-0.4, -0.2) is 36.4 Å². The minimum absolute atomic E-state index is 0.120. The summed E-state index contributed by atoms with van der Waals surface area (Å²) in [4.78, 5) is 42.5. The van der Waals surface area contributed by atoms with Crippen LogP contribution in [0.3, 0.4) is 0 Å². The molecule has 1 saturated heterocycles. The van der Waals surface area contributed by atoms with E-state index in [9.17, 15) is 27.6 Å². The third-order valence-electron chi connectivity index (χ3n) is 7.79. The molecule has 2 aliphatic rings. The summed E-state index contributed by atoms with van der Waals surface area (Å²) in [6.45, 7) is 1.88. The first-order chi connectivity index (χ1) is 19.6. The van der Waals surface area contributed by atoms with Crippen molar-refractivity contribution in [1.82, 2.24) is 10.2 Å². The lowest BCUT2D eigenvalue weighted by atomic mass is 9.69. The lowest BCUT2D eigenvalue weighted by molar-refractivity contribution is -0.158. The average Bonchev–Trinajstić information content (AvgIpc) is 3.14. The summed E-state index contributed by atoms with van der Waals surface area (Å²) in [6, 6.07) is 12.0. The SMILES string of the molecule is CCOC(=O)[C@]12CCCCC/C=C\1N(Cc1ccc(OC)cc1)C(=O)[C@@H]2CC(=O)NCc1cccc(C(F)(F)F)c1. The molecular weight excluding hydrogens is 537 g/mol. The molecule has 2 amide bonds. The van der Waals surface area contributed by atoms with E-state index in [0.717, 1.165) is 30.5 Å². The number of esters is 1. The number of nitrogens with one attached hydrogen (secondary N) is 1. The molecule has 7 nitrogen and oxygen atoms in total. The number of rotatable bonds is 9. The van der Waals surface area contributed by atoms with Crippen molar-refractivity contribution < 1.29 is 37.0 Å². The zero-order chi connectivity index (χ0) is 29.6. The van der Waals surface area contributed by atoms with Gasteiger partial charge in [-0.1, -0.05) is 43.2 Å². The predicted molar refractivity (Wildman–Crippen MR) is 145 cm³/mol. The fourth-order valence-electron chi connectivity index (χ4n) is 5.76. The van der Waals surface area contributed by atoms with Crippen LogP contribution in [0.4, 0.5) is 13.2 Å². The van der Waals surface area contributed by atoms with E-state index < -0.39 is 34.9 Å². The number of benzene rings is 2. The predicted octanol–water partition coefficient (Wildman–Crippen LogP) is 5.78. The Morgan fingerprint density at radius 2 is 1.83 bits per heavy atom. The summed E-state index contributed by atoms with van der Waals surface area (Å²) < 4.78 is 50.1. The Hall–Kier alpha value is -3.82. The fraction of sp³-hybridized carbons (Fsp3) is 0.452. The van der Waals surface area contributed by atoms with Crippen LogP contribution in [0.2, 0.25) is 0 Å². The third-order valence-corrected chi connectivity index (χ3v) is 7.79. The van der Waals surface area contributed by atoms with Crippen molar-refractivity contribution in [1.29, 1.82) is 0 Å². The Bertz CT molecular complexity index is 1290. The van der Waals surface area contributed by atoms with E-state index in [1.165, 1.54) is 12.1 Å². The maximum absolute atomic E-state index is 14.1. The van der Waals surface area contributed by atoms with E-state index in [0.29, 0.717) is 30.7 Å². The fourth-order valence-corrected chi connectivity index (χ4v) is 5.76. The van der Waals surface area contributed by atoms with Crippen LogP contribution >= 0.6 is 0 Å². The van der Waals surface area contributed by atoms with E-state index in [1.807, 2.05) is 18.2 Å². The number of hydrogen-bond acceptors (Lipinski definition) is 5. The van der Waals surface area contributed by atoms with Crippen molar-refractivity contribution >= 4 is 17.8 Å². The van der Waals surface area contributed by atoms with E-state index in [2.05, 4.69) is 5.32 Å². The number of likely N-dealkylation sites (tertiary alicyclic amines) is 1. The Morgan fingerprint density at radius 3 is 2.51 bits per heavy atom. The molecule has 1 N–H and O–H groups in total. The van der Waals surface area contributed by atoms with Gasteiger partial charge in [0.15, 0.2) is 0 Å². The number of amides is 2. The van der Waals surface area contributed by atoms with E-state index in [1.54, 1.807) is 31.1 Å². The first kappa shape index (κ1) is 30.1. The highest BCUT2D eigenvalue weighted by atomic mass is 19.4. The van der Waals surface area contributed by atoms with Gasteiger partial charge in [-0.2, -0.15) is 13.2 Å². The average molecular weight is 573 g/mol. The van der Waals surface area contributed by atoms with Gasteiger partial charge in [0.05, 0.1) is 31.7 Å². The number of hydrogen-bond donors (Lipinski definition) is 1. The molecule has 2 atom stereocenters. The number of fused-ring (bicyclic) bond motifs is 1. The topological polar surface area (TPSA) is 84.9 Å². The third kappa shape index (κ3) is 6.57. The standard InChI is InChI=1S/C31H35F3N2O5/c1-3-41-29(39)30-16-7-5-4-6-11-26(30)36(20-21-12-14-24(40-2)15-13-21)28(38)25(30)18-27(37)35-19-22-9-8-10-23(17-22)31(32,33)34/h8-15,17,25H,3-7,16,18-20H2,1-2H3,(H,35,37)/b26-11+/t25-,30-/m0/s1. The second kappa shape index (κ2) is 12.8. The van der Waals surface area contributed by atoms with Crippen molar-refractivity contribution in [3.05, 3.63) is 77.0 Å². The van der Waals surface area contributed by atoms with Gasteiger partial charge in [-0.15, -0.1) is 0 Å². The van der Waals surface area contributed by atoms with Crippen LogP contribution in [0.15, 0.2) is 60.3 Å². The van der Waals surface area contributed by atoms with Gasteiger partial charge in [0.1, 0.15) is 11.2 Å². The van der Waals surface area contributed by atoms with Crippen molar-refractivity contribution in [2.24, 2.45) is 11.3 Å². The molecule has 10 heteroatoms. The van der Waals surface area contributed by atoms with Gasteiger partial charge in [0.25, 0.3) is 0 Å². The Balaban J connectivity index is 1.63. The molecule has 2 aromatic rings. The van der Waals surface area contributed by atoms with Crippen LogP contribution in [0.25, 0.3) is 0 Å². The van der Waals surface area contributed by atoms with E-state index >= 15 is 0 Å². The van der Waals surface area contributed by atoms with Gasteiger partial charge in [-0.25, -0.2) is 0 Å². The number of ether oxygens (including phenoxy) is 2. The van der Waals surface area contributed by atoms with E-state index in [-0.39, 0.29) is 37.6 Å². The zero-order valence-corrected chi connectivity index (χ0v) is 23.3. The van der Waals surface area contributed by atoms with Gasteiger partial charge < -0.3 is 19.7 Å². The van der Waals surface area contributed by atoms with E-state index in [4.69, 9.17) is 9.47 Å². The summed E-state index contributed by atoms with van der Waals surface area (Å²) in [5, 5.41) is 2.65.